The quantitative estimate of drug-likeness (QED) is 0.664. The summed E-state index contributed by atoms with van der Waals surface area (Å²) in [4.78, 5) is 9.98. The van der Waals surface area contributed by atoms with E-state index in [0.29, 0.717) is 0 Å². The number of hydrogen-bond donors (Lipinski definition) is 0. The van der Waals surface area contributed by atoms with Crippen LogP contribution in [-0.2, 0) is 5.66 Å². The van der Waals surface area contributed by atoms with Gasteiger partial charge in [0.25, 0.3) is 0 Å². The molecule has 0 saturated carbocycles. The zero-order chi connectivity index (χ0) is 16.4. The Morgan fingerprint density at radius 3 is 1.88 bits per heavy atom. The summed E-state index contributed by atoms with van der Waals surface area (Å²) in [6, 6.07) is 26.2. The average Bonchev–Trinajstić information content (AvgIpc) is 3.04. The molecule has 3 aromatic rings. The van der Waals surface area contributed by atoms with Crippen molar-refractivity contribution in [2.24, 2.45) is 20.2 Å². The molecule has 24 heavy (non-hydrogen) atoms. The number of rotatable bonds is 3. The SMILES string of the molecule is C/N=N/c1ccc2c(c1)=NC(c1ccccc1)(c1ccccc1)N=2. The molecular formula is C20H16N4. The van der Waals surface area contributed by atoms with Crippen molar-refractivity contribution in [3.63, 3.8) is 0 Å². The highest BCUT2D eigenvalue weighted by atomic mass is 15.1. The van der Waals surface area contributed by atoms with Crippen LogP contribution < -0.4 is 10.7 Å². The molecule has 3 aromatic carbocycles. The van der Waals surface area contributed by atoms with Crippen LogP contribution in [0.3, 0.4) is 0 Å². The summed E-state index contributed by atoms with van der Waals surface area (Å²) in [5.41, 5.74) is 2.14. The van der Waals surface area contributed by atoms with Crippen molar-refractivity contribution in [3.8, 4) is 0 Å². The number of azo groups is 1. The van der Waals surface area contributed by atoms with Crippen LogP contribution in [0, 0.1) is 0 Å². The van der Waals surface area contributed by atoms with Gasteiger partial charge in [-0.2, -0.15) is 10.2 Å². The van der Waals surface area contributed by atoms with E-state index in [1.165, 1.54) is 0 Å². The molecule has 1 aliphatic heterocycles. The fourth-order valence-corrected chi connectivity index (χ4v) is 3.01. The third kappa shape index (κ3) is 2.33. The van der Waals surface area contributed by atoms with Crippen LogP contribution >= 0.6 is 0 Å². The van der Waals surface area contributed by atoms with E-state index in [9.17, 15) is 0 Å². The van der Waals surface area contributed by atoms with Gasteiger partial charge in [-0.05, 0) is 18.2 Å². The van der Waals surface area contributed by atoms with E-state index in [0.717, 1.165) is 27.5 Å². The molecule has 0 aliphatic carbocycles. The lowest BCUT2D eigenvalue weighted by Crippen LogP contribution is -2.22. The Balaban J connectivity index is 2.00. The van der Waals surface area contributed by atoms with E-state index < -0.39 is 5.66 Å². The van der Waals surface area contributed by atoms with Crippen LogP contribution in [0.25, 0.3) is 0 Å². The Morgan fingerprint density at radius 1 is 0.708 bits per heavy atom. The predicted octanol–water partition coefficient (Wildman–Crippen LogP) is 3.55. The van der Waals surface area contributed by atoms with Gasteiger partial charge >= 0.3 is 0 Å². The van der Waals surface area contributed by atoms with E-state index in [2.05, 4.69) is 34.5 Å². The minimum atomic E-state index is -0.743. The van der Waals surface area contributed by atoms with Crippen LogP contribution in [0.4, 0.5) is 5.69 Å². The molecule has 116 valence electrons. The molecule has 0 atom stereocenters. The molecule has 0 aromatic heterocycles. The second kappa shape index (κ2) is 5.81. The largest absolute Gasteiger partial charge is 0.244 e. The van der Waals surface area contributed by atoms with Gasteiger partial charge in [0.1, 0.15) is 0 Å². The second-order valence-electron chi connectivity index (χ2n) is 5.60. The van der Waals surface area contributed by atoms with Gasteiger partial charge in [0.15, 0.2) is 0 Å². The van der Waals surface area contributed by atoms with Gasteiger partial charge < -0.3 is 0 Å². The van der Waals surface area contributed by atoms with Crippen molar-refractivity contribution in [1.29, 1.82) is 0 Å². The van der Waals surface area contributed by atoms with Crippen LogP contribution in [0.15, 0.2) is 99.1 Å². The fraction of sp³-hybridized carbons (Fsp3) is 0.100. The van der Waals surface area contributed by atoms with Crippen molar-refractivity contribution in [2.45, 2.75) is 5.66 Å². The normalized spacial score (nSPS) is 14.9. The molecule has 1 aliphatic rings. The van der Waals surface area contributed by atoms with E-state index >= 15 is 0 Å². The van der Waals surface area contributed by atoms with Crippen LogP contribution in [0.5, 0.6) is 0 Å². The Labute approximate surface area is 140 Å². The average molecular weight is 312 g/mol. The topological polar surface area (TPSA) is 49.4 Å². The molecule has 0 unspecified atom stereocenters. The molecule has 4 rings (SSSR count). The Morgan fingerprint density at radius 2 is 1.29 bits per heavy atom. The van der Waals surface area contributed by atoms with Crippen molar-refractivity contribution >= 4 is 5.69 Å². The van der Waals surface area contributed by atoms with Gasteiger partial charge in [-0.3, -0.25) is 0 Å². The summed E-state index contributed by atoms with van der Waals surface area (Å²) < 4.78 is 0. The van der Waals surface area contributed by atoms with Gasteiger partial charge in [0.2, 0.25) is 5.66 Å². The van der Waals surface area contributed by atoms with E-state index in [-0.39, 0.29) is 0 Å². The highest BCUT2D eigenvalue weighted by Crippen LogP contribution is 2.35. The first-order valence-corrected chi connectivity index (χ1v) is 7.82. The predicted molar refractivity (Wildman–Crippen MR) is 92.9 cm³/mol. The monoisotopic (exact) mass is 312 g/mol. The minimum Gasteiger partial charge on any atom is -0.244 e. The second-order valence-corrected chi connectivity index (χ2v) is 5.60. The molecule has 0 N–H and O–H groups in total. The number of nitrogens with zero attached hydrogens (tertiary/aromatic N) is 4. The summed E-state index contributed by atoms with van der Waals surface area (Å²) in [6.45, 7) is 0. The summed E-state index contributed by atoms with van der Waals surface area (Å²) in [5, 5.41) is 9.65. The van der Waals surface area contributed by atoms with Crippen molar-refractivity contribution in [2.75, 3.05) is 7.05 Å². The first kappa shape index (κ1) is 14.5. The molecular weight excluding hydrogens is 296 g/mol. The van der Waals surface area contributed by atoms with Crippen LogP contribution in [0.1, 0.15) is 11.1 Å². The molecule has 0 radical (unpaired) electrons. The Kier molecular flexibility index (Phi) is 3.50. The van der Waals surface area contributed by atoms with Gasteiger partial charge in [0, 0.05) is 18.2 Å². The summed E-state index contributed by atoms with van der Waals surface area (Å²) in [5.74, 6) is 0. The first-order chi connectivity index (χ1) is 11.8. The maximum absolute atomic E-state index is 5.00. The zero-order valence-corrected chi connectivity index (χ0v) is 13.3. The van der Waals surface area contributed by atoms with Gasteiger partial charge in [-0.25, -0.2) is 9.98 Å². The number of fused-ring (bicyclic) bond motifs is 1. The maximum Gasteiger partial charge on any atom is 0.202 e. The molecule has 0 spiro atoms. The van der Waals surface area contributed by atoms with Gasteiger partial charge in [0.05, 0.1) is 16.4 Å². The molecule has 0 bridgehead atoms. The Hall–Kier alpha value is -3.14. The zero-order valence-electron chi connectivity index (χ0n) is 13.3. The summed E-state index contributed by atoms with van der Waals surface area (Å²) in [6.07, 6.45) is 0. The summed E-state index contributed by atoms with van der Waals surface area (Å²) >= 11 is 0. The van der Waals surface area contributed by atoms with E-state index in [1.54, 1.807) is 7.05 Å². The molecule has 4 heteroatoms. The lowest BCUT2D eigenvalue weighted by atomic mass is 9.92. The standard InChI is InChI=1S/C20H16N4/c1-21-24-17-12-13-18-19(14-17)23-20(22-18,15-8-4-2-5-9-15)16-10-6-3-7-11-16/h2-14H,1H3/b24-21+. The third-order valence-corrected chi connectivity index (χ3v) is 4.09. The fourth-order valence-electron chi connectivity index (χ4n) is 3.01. The van der Waals surface area contributed by atoms with Crippen molar-refractivity contribution < 1.29 is 0 Å². The molecule has 1 heterocycles. The third-order valence-electron chi connectivity index (χ3n) is 4.09. The molecule has 0 fully saturated rings. The number of hydrogen-bond acceptors (Lipinski definition) is 4. The van der Waals surface area contributed by atoms with Gasteiger partial charge in [-0.1, -0.05) is 60.7 Å². The summed E-state index contributed by atoms with van der Waals surface area (Å²) in [7, 11) is 1.66. The highest BCUT2D eigenvalue weighted by Gasteiger charge is 2.35. The smallest absolute Gasteiger partial charge is 0.202 e. The van der Waals surface area contributed by atoms with Gasteiger partial charge in [-0.15, -0.1) is 0 Å². The molecule has 0 amide bonds. The molecule has 0 saturated heterocycles. The minimum absolute atomic E-state index is 0.743. The first-order valence-electron chi connectivity index (χ1n) is 7.82. The van der Waals surface area contributed by atoms with Crippen LogP contribution in [-0.4, -0.2) is 7.05 Å². The maximum atomic E-state index is 5.00. The lowest BCUT2D eigenvalue weighted by molar-refractivity contribution is 0.569. The van der Waals surface area contributed by atoms with E-state index in [4.69, 9.17) is 9.98 Å². The van der Waals surface area contributed by atoms with Crippen molar-refractivity contribution in [1.82, 2.24) is 0 Å². The highest BCUT2D eigenvalue weighted by molar-refractivity contribution is 5.42. The lowest BCUT2D eigenvalue weighted by Gasteiger charge is -2.24. The van der Waals surface area contributed by atoms with Crippen molar-refractivity contribution in [3.05, 3.63) is 101 Å². The molecule has 4 nitrogen and oxygen atoms in total. The van der Waals surface area contributed by atoms with Crippen LogP contribution in [0.2, 0.25) is 0 Å². The Bertz CT molecular complexity index is 969. The van der Waals surface area contributed by atoms with E-state index in [1.807, 2.05) is 54.6 Å². The number of benzene rings is 3.